The number of hydrogen-bond acceptors (Lipinski definition) is 4. The van der Waals surface area contributed by atoms with E-state index in [-0.39, 0.29) is 4.90 Å². The Hall–Kier alpha value is -1.96. The van der Waals surface area contributed by atoms with Crippen LogP contribution in [0, 0.1) is 0 Å². The first-order valence-corrected chi connectivity index (χ1v) is 11.0. The van der Waals surface area contributed by atoms with E-state index >= 15 is 0 Å². The molecule has 5 nitrogen and oxygen atoms in total. The molecule has 0 amide bonds. The number of H-pyrrole nitrogens is 1. The second-order valence-corrected chi connectivity index (χ2v) is 9.58. The molecule has 26 heavy (non-hydrogen) atoms. The molecule has 0 saturated carbocycles. The second-order valence-electron chi connectivity index (χ2n) is 6.47. The zero-order valence-corrected chi connectivity index (χ0v) is 16.1. The molecule has 1 aliphatic heterocycles. The van der Waals surface area contributed by atoms with Gasteiger partial charge in [-0.15, -0.1) is 11.3 Å². The monoisotopic (exact) mass is 388 g/mol. The standard InChI is InChI=1S/C19H20N2O3S2/c1-2-13-5-8-18(25-13)19-16(12-22)15-11-14(6-7-17(15)20-19)26(23,24)21-9-3-4-10-21/h5-8,11-12,20H,2-4,9-10H2,1H3. The number of hydrogen-bond donors (Lipinski definition) is 1. The van der Waals surface area contributed by atoms with Gasteiger partial charge in [0.2, 0.25) is 10.0 Å². The quantitative estimate of drug-likeness (QED) is 0.670. The zero-order chi connectivity index (χ0) is 18.3. The van der Waals surface area contributed by atoms with Crippen LogP contribution in [0.1, 0.15) is 35.0 Å². The normalized spacial score (nSPS) is 15.7. The number of aldehydes is 1. The molecule has 4 rings (SSSR count). The highest BCUT2D eigenvalue weighted by Gasteiger charge is 2.28. The van der Waals surface area contributed by atoms with Gasteiger partial charge in [-0.05, 0) is 49.6 Å². The molecule has 3 heterocycles. The molecule has 0 bridgehead atoms. The lowest BCUT2D eigenvalue weighted by atomic mass is 10.1. The number of rotatable bonds is 5. The summed E-state index contributed by atoms with van der Waals surface area (Å²) >= 11 is 1.64. The van der Waals surface area contributed by atoms with E-state index in [9.17, 15) is 13.2 Å². The molecule has 1 fully saturated rings. The molecule has 3 aromatic rings. The van der Waals surface area contributed by atoms with Gasteiger partial charge in [0.15, 0.2) is 6.29 Å². The van der Waals surface area contributed by atoms with Crippen LogP contribution >= 0.6 is 11.3 Å². The number of thiophene rings is 1. The predicted octanol–water partition coefficient (Wildman–Crippen LogP) is 4.06. The third-order valence-corrected chi connectivity index (χ3v) is 8.03. The van der Waals surface area contributed by atoms with Gasteiger partial charge in [-0.1, -0.05) is 6.92 Å². The molecule has 2 aromatic heterocycles. The van der Waals surface area contributed by atoms with Gasteiger partial charge in [0.05, 0.1) is 15.5 Å². The highest BCUT2D eigenvalue weighted by Crippen LogP contribution is 2.35. The summed E-state index contributed by atoms with van der Waals surface area (Å²) in [7, 11) is -3.50. The molecular weight excluding hydrogens is 368 g/mol. The number of benzene rings is 1. The molecule has 1 aliphatic rings. The van der Waals surface area contributed by atoms with Gasteiger partial charge < -0.3 is 4.98 Å². The van der Waals surface area contributed by atoms with Gasteiger partial charge in [-0.3, -0.25) is 4.79 Å². The Bertz CT molecular complexity index is 1070. The van der Waals surface area contributed by atoms with E-state index in [0.717, 1.165) is 41.6 Å². The lowest BCUT2D eigenvalue weighted by molar-refractivity contribution is 0.112. The van der Waals surface area contributed by atoms with Crippen molar-refractivity contribution in [2.24, 2.45) is 0 Å². The Morgan fingerprint density at radius 1 is 1.19 bits per heavy atom. The van der Waals surface area contributed by atoms with Crippen molar-refractivity contribution >= 4 is 38.5 Å². The molecule has 1 aromatic carbocycles. The minimum Gasteiger partial charge on any atom is -0.353 e. The van der Waals surface area contributed by atoms with Gasteiger partial charge in [0.1, 0.15) is 0 Å². The Balaban J connectivity index is 1.84. The van der Waals surface area contributed by atoms with Crippen molar-refractivity contribution in [1.82, 2.24) is 9.29 Å². The van der Waals surface area contributed by atoms with E-state index in [1.807, 2.05) is 6.07 Å². The number of nitrogens with zero attached hydrogens (tertiary/aromatic N) is 1. The topological polar surface area (TPSA) is 70.2 Å². The van der Waals surface area contributed by atoms with Crippen LogP contribution in [0.25, 0.3) is 21.5 Å². The Morgan fingerprint density at radius 3 is 2.62 bits per heavy atom. The summed E-state index contributed by atoms with van der Waals surface area (Å²) in [4.78, 5) is 17.6. The molecule has 0 atom stereocenters. The number of aromatic nitrogens is 1. The first-order valence-electron chi connectivity index (χ1n) is 8.74. The Morgan fingerprint density at radius 2 is 1.96 bits per heavy atom. The average molecular weight is 389 g/mol. The number of carbonyl (C=O) groups excluding carboxylic acids is 1. The smallest absolute Gasteiger partial charge is 0.243 e. The third-order valence-electron chi connectivity index (χ3n) is 4.89. The van der Waals surface area contributed by atoms with Crippen LogP contribution in [0.4, 0.5) is 0 Å². The van der Waals surface area contributed by atoms with Gasteiger partial charge in [-0.2, -0.15) is 4.31 Å². The van der Waals surface area contributed by atoms with Crippen molar-refractivity contribution < 1.29 is 13.2 Å². The number of nitrogens with one attached hydrogen (secondary N) is 1. The van der Waals surface area contributed by atoms with E-state index in [4.69, 9.17) is 0 Å². The SMILES string of the molecule is CCc1ccc(-c2[nH]c3ccc(S(=O)(=O)N4CCCC4)cc3c2C=O)s1. The number of aryl methyl sites for hydroxylation is 1. The van der Waals surface area contributed by atoms with Crippen molar-refractivity contribution in [2.45, 2.75) is 31.1 Å². The van der Waals surface area contributed by atoms with Crippen LogP contribution < -0.4 is 0 Å². The largest absolute Gasteiger partial charge is 0.353 e. The summed E-state index contributed by atoms with van der Waals surface area (Å²) in [5.41, 5.74) is 2.05. The zero-order valence-electron chi connectivity index (χ0n) is 14.5. The average Bonchev–Trinajstić information content (AvgIpc) is 3.39. The predicted molar refractivity (Wildman–Crippen MR) is 104 cm³/mol. The molecule has 1 N–H and O–H groups in total. The summed E-state index contributed by atoms with van der Waals surface area (Å²) in [6, 6.07) is 9.06. The van der Waals surface area contributed by atoms with Crippen LogP contribution in [-0.2, 0) is 16.4 Å². The molecule has 1 saturated heterocycles. The summed E-state index contributed by atoms with van der Waals surface area (Å²) in [5, 5.41) is 0.654. The maximum atomic E-state index is 12.8. The van der Waals surface area contributed by atoms with E-state index in [1.54, 1.807) is 29.5 Å². The molecule has 136 valence electrons. The van der Waals surface area contributed by atoms with Crippen LogP contribution in [0.15, 0.2) is 35.2 Å². The lowest BCUT2D eigenvalue weighted by Gasteiger charge is -2.15. The van der Waals surface area contributed by atoms with E-state index in [1.165, 1.54) is 9.18 Å². The maximum absolute atomic E-state index is 12.8. The molecule has 0 radical (unpaired) electrons. The molecule has 7 heteroatoms. The number of carbonyl (C=O) groups is 1. The molecule has 0 spiro atoms. The fourth-order valence-corrected chi connectivity index (χ4v) is 5.95. The number of aromatic amines is 1. The second kappa shape index (κ2) is 6.64. The minimum atomic E-state index is -3.50. The van der Waals surface area contributed by atoms with Crippen molar-refractivity contribution in [3.8, 4) is 10.6 Å². The van der Waals surface area contributed by atoms with Gasteiger partial charge >= 0.3 is 0 Å². The van der Waals surface area contributed by atoms with E-state index in [2.05, 4.69) is 18.0 Å². The summed E-state index contributed by atoms with van der Waals surface area (Å²) < 4.78 is 27.2. The van der Waals surface area contributed by atoms with Crippen LogP contribution in [0.3, 0.4) is 0 Å². The first kappa shape index (κ1) is 17.5. The molecular formula is C19H20N2O3S2. The minimum absolute atomic E-state index is 0.251. The summed E-state index contributed by atoms with van der Waals surface area (Å²) in [6.45, 7) is 3.22. The van der Waals surface area contributed by atoms with Crippen LogP contribution in [0.2, 0.25) is 0 Å². The third kappa shape index (κ3) is 2.80. The van der Waals surface area contributed by atoms with Crippen molar-refractivity contribution in [3.63, 3.8) is 0 Å². The fourth-order valence-electron chi connectivity index (χ4n) is 3.45. The first-order chi connectivity index (χ1) is 12.5. The maximum Gasteiger partial charge on any atom is 0.243 e. The van der Waals surface area contributed by atoms with Crippen molar-refractivity contribution in [1.29, 1.82) is 0 Å². The van der Waals surface area contributed by atoms with E-state index in [0.29, 0.717) is 24.0 Å². The summed E-state index contributed by atoms with van der Waals surface area (Å²) in [5.74, 6) is 0. The van der Waals surface area contributed by atoms with Crippen LogP contribution in [-0.4, -0.2) is 37.1 Å². The van der Waals surface area contributed by atoms with Gasteiger partial charge in [-0.25, -0.2) is 8.42 Å². The van der Waals surface area contributed by atoms with E-state index < -0.39 is 10.0 Å². The molecule has 0 aliphatic carbocycles. The molecule has 0 unspecified atom stereocenters. The van der Waals surface area contributed by atoms with Gasteiger partial charge in [0.25, 0.3) is 0 Å². The van der Waals surface area contributed by atoms with Crippen molar-refractivity contribution in [3.05, 3.63) is 40.8 Å². The van der Waals surface area contributed by atoms with Gasteiger partial charge in [0, 0.05) is 34.4 Å². The Kier molecular flexibility index (Phi) is 4.46. The van der Waals surface area contributed by atoms with Crippen LogP contribution in [0.5, 0.6) is 0 Å². The number of fused-ring (bicyclic) bond motifs is 1. The van der Waals surface area contributed by atoms with Crippen molar-refractivity contribution in [2.75, 3.05) is 13.1 Å². The fraction of sp³-hybridized carbons (Fsp3) is 0.316. The lowest BCUT2D eigenvalue weighted by Crippen LogP contribution is -2.27. The number of sulfonamides is 1. The highest BCUT2D eigenvalue weighted by atomic mass is 32.2. The highest BCUT2D eigenvalue weighted by molar-refractivity contribution is 7.89. The summed E-state index contributed by atoms with van der Waals surface area (Å²) in [6.07, 6.45) is 3.55. The Labute approximate surface area is 156 Å².